The highest BCUT2D eigenvalue weighted by molar-refractivity contribution is 7.80. The summed E-state index contributed by atoms with van der Waals surface area (Å²) in [6, 6.07) is 0. The number of nitrogens with zero attached hydrogens (tertiary/aromatic N) is 2. The van der Waals surface area contributed by atoms with E-state index in [-0.39, 0.29) is 6.29 Å². The molecule has 0 aromatic carbocycles. The summed E-state index contributed by atoms with van der Waals surface area (Å²) in [5.41, 5.74) is 6.37. The van der Waals surface area contributed by atoms with Crippen LogP contribution in [0.3, 0.4) is 0 Å². The Bertz CT molecular complexity index is 272. The molecule has 0 aromatic rings. The Labute approximate surface area is 82.7 Å². The summed E-state index contributed by atoms with van der Waals surface area (Å²) in [7, 11) is 3.63. The molecule has 0 radical (unpaired) electrons. The summed E-state index contributed by atoms with van der Waals surface area (Å²) in [5, 5.41) is 5.88. The zero-order valence-corrected chi connectivity index (χ0v) is 8.48. The maximum atomic E-state index is 5.74. The van der Waals surface area contributed by atoms with Crippen molar-refractivity contribution >= 4 is 23.9 Å². The molecule has 0 fully saturated rings. The van der Waals surface area contributed by atoms with E-state index < -0.39 is 0 Å². The molecule has 1 aliphatic heterocycles. The molecule has 0 saturated carbocycles. The van der Waals surface area contributed by atoms with Gasteiger partial charge in [0.15, 0.2) is 6.29 Å². The monoisotopic (exact) mass is 199 g/mol. The average Bonchev–Trinajstić information content (AvgIpc) is 2.10. The van der Waals surface area contributed by atoms with E-state index in [9.17, 15) is 0 Å². The first kappa shape index (κ1) is 9.94. The SMILES string of the molecule is C=NC1=C(NC)N(C)C(N)NC1=S. The van der Waals surface area contributed by atoms with Crippen LogP contribution in [0.4, 0.5) is 0 Å². The highest BCUT2D eigenvalue weighted by Crippen LogP contribution is 2.13. The van der Waals surface area contributed by atoms with Gasteiger partial charge in [-0.2, -0.15) is 0 Å². The molecule has 13 heavy (non-hydrogen) atoms. The predicted molar refractivity (Wildman–Crippen MR) is 57.1 cm³/mol. The summed E-state index contributed by atoms with van der Waals surface area (Å²) in [6.45, 7) is 3.45. The zero-order valence-electron chi connectivity index (χ0n) is 7.66. The van der Waals surface area contributed by atoms with Gasteiger partial charge in [-0.15, -0.1) is 0 Å². The van der Waals surface area contributed by atoms with Gasteiger partial charge in [-0.3, -0.25) is 10.7 Å². The van der Waals surface area contributed by atoms with E-state index in [2.05, 4.69) is 22.3 Å². The molecule has 4 N–H and O–H groups in total. The van der Waals surface area contributed by atoms with Gasteiger partial charge in [-0.05, 0) is 6.72 Å². The van der Waals surface area contributed by atoms with Crippen LogP contribution in [0.2, 0.25) is 0 Å². The number of nitrogens with one attached hydrogen (secondary N) is 2. The van der Waals surface area contributed by atoms with Crippen LogP contribution in [0.15, 0.2) is 16.5 Å². The lowest BCUT2D eigenvalue weighted by Crippen LogP contribution is -2.57. The first-order chi connectivity index (χ1) is 6.11. The summed E-state index contributed by atoms with van der Waals surface area (Å²) in [6.07, 6.45) is -0.319. The molecule has 1 aliphatic rings. The number of hydrogen-bond donors (Lipinski definition) is 3. The van der Waals surface area contributed by atoms with Crippen molar-refractivity contribution in [2.45, 2.75) is 6.29 Å². The third kappa shape index (κ3) is 1.63. The van der Waals surface area contributed by atoms with Crippen LogP contribution in [0.5, 0.6) is 0 Å². The van der Waals surface area contributed by atoms with Crippen molar-refractivity contribution in [2.24, 2.45) is 10.7 Å². The molecule has 1 atom stereocenters. The van der Waals surface area contributed by atoms with Crippen LogP contribution in [0.1, 0.15) is 0 Å². The van der Waals surface area contributed by atoms with Gasteiger partial charge in [0.2, 0.25) is 0 Å². The van der Waals surface area contributed by atoms with Crippen molar-refractivity contribution in [3.8, 4) is 0 Å². The molecule has 1 rings (SSSR count). The van der Waals surface area contributed by atoms with E-state index in [4.69, 9.17) is 18.0 Å². The summed E-state index contributed by atoms with van der Waals surface area (Å²) < 4.78 is 0. The van der Waals surface area contributed by atoms with Gasteiger partial charge in [0.1, 0.15) is 16.5 Å². The molecular formula is C7H13N5S. The van der Waals surface area contributed by atoms with Crippen LogP contribution in [0.25, 0.3) is 0 Å². The smallest absolute Gasteiger partial charge is 0.154 e. The lowest BCUT2D eigenvalue weighted by molar-refractivity contribution is 0.266. The van der Waals surface area contributed by atoms with Gasteiger partial charge >= 0.3 is 0 Å². The summed E-state index contributed by atoms with van der Waals surface area (Å²) in [4.78, 5) is 6.16. The summed E-state index contributed by atoms with van der Waals surface area (Å²) >= 11 is 5.05. The molecule has 0 amide bonds. The molecule has 0 spiro atoms. The largest absolute Gasteiger partial charge is 0.373 e. The van der Waals surface area contributed by atoms with E-state index >= 15 is 0 Å². The van der Waals surface area contributed by atoms with Crippen molar-refractivity contribution in [3.05, 3.63) is 11.5 Å². The topological polar surface area (TPSA) is 65.7 Å². The first-order valence-corrected chi connectivity index (χ1v) is 4.20. The molecule has 0 aliphatic carbocycles. The Morgan fingerprint density at radius 3 is 2.85 bits per heavy atom. The average molecular weight is 199 g/mol. The van der Waals surface area contributed by atoms with Gasteiger partial charge < -0.3 is 15.5 Å². The van der Waals surface area contributed by atoms with Crippen LogP contribution in [-0.2, 0) is 0 Å². The number of aliphatic imine (C=N–C) groups is 1. The number of thiocarbonyl (C=S) groups is 1. The Kier molecular flexibility index (Phi) is 2.84. The minimum atomic E-state index is -0.319. The molecule has 5 nitrogen and oxygen atoms in total. The second kappa shape index (κ2) is 3.71. The Hall–Kier alpha value is -1.14. The van der Waals surface area contributed by atoms with Crippen LogP contribution >= 0.6 is 12.2 Å². The van der Waals surface area contributed by atoms with Crippen LogP contribution in [0, 0.1) is 0 Å². The maximum Gasteiger partial charge on any atom is 0.154 e. The van der Waals surface area contributed by atoms with E-state index in [1.165, 1.54) is 0 Å². The van der Waals surface area contributed by atoms with Crippen molar-refractivity contribution < 1.29 is 0 Å². The minimum Gasteiger partial charge on any atom is -0.373 e. The van der Waals surface area contributed by atoms with Crippen LogP contribution in [-0.4, -0.2) is 37.0 Å². The third-order valence-electron chi connectivity index (χ3n) is 1.88. The number of rotatable bonds is 2. The molecule has 0 aromatic heterocycles. The molecular weight excluding hydrogens is 186 g/mol. The first-order valence-electron chi connectivity index (χ1n) is 3.79. The van der Waals surface area contributed by atoms with Gasteiger partial charge in [0, 0.05) is 14.1 Å². The fourth-order valence-corrected chi connectivity index (χ4v) is 1.44. The van der Waals surface area contributed by atoms with E-state index in [0.29, 0.717) is 10.7 Å². The molecule has 0 bridgehead atoms. The quantitative estimate of drug-likeness (QED) is 0.400. The van der Waals surface area contributed by atoms with Gasteiger partial charge in [-0.25, -0.2) is 0 Å². The highest BCUT2D eigenvalue weighted by Gasteiger charge is 2.24. The highest BCUT2D eigenvalue weighted by atomic mass is 32.1. The zero-order chi connectivity index (χ0) is 10.0. The molecule has 1 unspecified atom stereocenters. The predicted octanol–water partition coefficient (Wildman–Crippen LogP) is -0.820. The Morgan fingerprint density at radius 2 is 2.38 bits per heavy atom. The van der Waals surface area contributed by atoms with Gasteiger partial charge in [0.25, 0.3) is 0 Å². The van der Waals surface area contributed by atoms with Crippen molar-refractivity contribution in [2.75, 3.05) is 14.1 Å². The molecule has 72 valence electrons. The van der Waals surface area contributed by atoms with E-state index in [0.717, 1.165) is 5.82 Å². The third-order valence-corrected chi connectivity index (χ3v) is 2.19. The standard InChI is InChI=1S/C7H13N5S/c1-9-4-5(10-2)12(3)7(8)11-6(4)13/h7,10H,1,8H2,2-3H3,(H,11,13). The molecule has 0 saturated heterocycles. The van der Waals surface area contributed by atoms with Crippen molar-refractivity contribution in [1.29, 1.82) is 0 Å². The fraction of sp³-hybridized carbons (Fsp3) is 0.429. The van der Waals surface area contributed by atoms with Gasteiger partial charge in [-0.1, -0.05) is 12.2 Å². The van der Waals surface area contributed by atoms with Crippen molar-refractivity contribution in [3.63, 3.8) is 0 Å². The van der Waals surface area contributed by atoms with E-state index in [1.807, 2.05) is 7.05 Å². The Balaban J connectivity index is 3.12. The minimum absolute atomic E-state index is 0.319. The normalized spacial score (nSPS) is 22.8. The fourth-order valence-electron chi connectivity index (χ4n) is 1.15. The lowest BCUT2D eigenvalue weighted by Gasteiger charge is -2.35. The summed E-state index contributed by atoms with van der Waals surface area (Å²) in [5.74, 6) is 0.784. The maximum absolute atomic E-state index is 5.74. The number of hydrogen-bond acceptors (Lipinski definition) is 5. The van der Waals surface area contributed by atoms with Crippen molar-refractivity contribution in [1.82, 2.24) is 15.5 Å². The Morgan fingerprint density at radius 1 is 1.77 bits per heavy atom. The van der Waals surface area contributed by atoms with Crippen LogP contribution < -0.4 is 16.4 Å². The molecule has 6 heteroatoms. The van der Waals surface area contributed by atoms with E-state index in [1.54, 1.807) is 11.9 Å². The second-order valence-electron chi connectivity index (χ2n) is 2.63. The van der Waals surface area contributed by atoms with Gasteiger partial charge in [0.05, 0.1) is 0 Å². The molecule has 1 heterocycles. The lowest BCUT2D eigenvalue weighted by atomic mass is 10.3. The number of nitrogens with two attached hydrogens (primary N) is 1. The second-order valence-corrected chi connectivity index (χ2v) is 3.04.